The van der Waals surface area contributed by atoms with Gasteiger partial charge in [-0.05, 0) is 25.3 Å². The van der Waals surface area contributed by atoms with Crippen LogP contribution < -0.4 is 0 Å². The minimum absolute atomic E-state index is 0.168. The van der Waals surface area contributed by atoms with Crippen molar-refractivity contribution in [1.29, 1.82) is 0 Å². The third kappa shape index (κ3) is 0.973. The largest absolute Gasteiger partial charge is 0.275 e. The van der Waals surface area contributed by atoms with Crippen molar-refractivity contribution >= 4 is 23.2 Å². The van der Waals surface area contributed by atoms with E-state index in [1.165, 1.54) is 23.2 Å². The van der Waals surface area contributed by atoms with E-state index < -0.39 is 5.54 Å². The van der Waals surface area contributed by atoms with Crippen molar-refractivity contribution < 1.29 is 9.59 Å². The molecule has 1 aliphatic heterocycles. The maximum absolute atomic E-state index is 11.8. The lowest BCUT2D eigenvalue weighted by Gasteiger charge is -2.28. The number of nitrogens with zero attached hydrogens (tertiary/aromatic N) is 1. The van der Waals surface area contributed by atoms with Gasteiger partial charge in [0, 0.05) is 11.8 Å². The zero-order valence-electron chi connectivity index (χ0n) is 8.33. The molecule has 0 fully saturated rings. The van der Waals surface area contributed by atoms with Gasteiger partial charge in [-0.15, -0.1) is 11.3 Å². The fourth-order valence-electron chi connectivity index (χ4n) is 1.96. The number of carbonyl (C=O) groups excluding carboxylic acids is 2. The lowest BCUT2D eigenvalue weighted by molar-refractivity contribution is -0.130. The molecule has 2 amide bonds. The molecule has 0 unspecified atom stereocenters. The van der Waals surface area contributed by atoms with Crippen LogP contribution >= 0.6 is 11.3 Å². The molecule has 74 valence electrons. The van der Waals surface area contributed by atoms with E-state index in [0.717, 1.165) is 4.88 Å². The Hall–Kier alpha value is -1.16. The smallest absolute Gasteiger partial charge is 0.262 e. The highest BCUT2D eigenvalue weighted by Gasteiger charge is 2.46. The minimum Gasteiger partial charge on any atom is -0.275 e. The Balaban J connectivity index is 2.60. The van der Waals surface area contributed by atoms with Crippen LogP contribution in [0, 0.1) is 0 Å². The summed E-state index contributed by atoms with van der Waals surface area (Å²) in [7, 11) is 0. The second-order valence-corrected chi connectivity index (χ2v) is 4.80. The molecule has 2 heterocycles. The van der Waals surface area contributed by atoms with Gasteiger partial charge in [-0.25, -0.2) is 0 Å². The summed E-state index contributed by atoms with van der Waals surface area (Å²) in [5.41, 5.74) is 0.196. The van der Waals surface area contributed by atoms with E-state index in [1.807, 2.05) is 19.2 Å². The molecule has 0 atom stereocenters. The summed E-state index contributed by atoms with van der Waals surface area (Å²) in [6, 6.07) is 1.78. The molecule has 1 aromatic rings. The monoisotopic (exact) mass is 209 g/mol. The van der Waals surface area contributed by atoms with Gasteiger partial charge in [-0.2, -0.15) is 0 Å². The van der Waals surface area contributed by atoms with Gasteiger partial charge < -0.3 is 0 Å². The second-order valence-electron chi connectivity index (χ2n) is 3.88. The number of hydrogen-bond donors (Lipinski definition) is 0. The Labute approximate surface area is 86.3 Å². The van der Waals surface area contributed by atoms with Crippen LogP contribution in [-0.2, 0) is 10.3 Å². The molecule has 0 aliphatic carbocycles. The summed E-state index contributed by atoms with van der Waals surface area (Å²) >= 11 is 1.53. The Morgan fingerprint density at radius 2 is 2.14 bits per heavy atom. The molecular weight excluding hydrogens is 198 g/mol. The van der Waals surface area contributed by atoms with Gasteiger partial charge in [-0.3, -0.25) is 14.5 Å². The van der Waals surface area contributed by atoms with Crippen LogP contribution in [-0.4, -0.2) is 16.7 Å². The Morgan fingerprint density at radius 1 is 1.50 bits per heavy atom. The average Bonchev–Trinajstić information content (AvgIpc) is 2.54. The zero-order valence-corrected chi connectivity index (χ0v) is 9.14. The molecule has 0 spiro atoms. The van der Waals surface area contributed by atoms with Gasteiger partial charge in [-0.1, -0.05) is 0 Å². The molecule has 3 nitrogen and oxygen atoms in total. The van der Waals surface area contributed by atoms with Crippen LogP contribution in [0.2, 0.25) is 0 Å². The van der Waals surface area contributed by atoms with Crippen LogP contribution in [0.5, 0.6) is 0 Å². The van der Waals surface area contributed by atoms with Crippen LogP contribution in [0.1, 0.15) is 36.0 Å². The van der Waals surface area contributed by atoms with Crippen LogP contribution in [0.4, 0.5) is 0 Å². The number of hydrogen-bond acceptors (Lipinski definition) is 3. The molecule has 0 radical (unpaired) electrons. The van der Waals surface area contributed by atoms with Crippen molar-refractivity contribution in [3.05, 3.63) is 21.9 Å². The molecule has 0 bridgehead atoms. The highest BCUT2D eigenvalue weighted by Crippen LogP contribution is 2.41. The summed E-state index contributed by atoms with van der Waals surface area (Å²) in [5.74, 6) is -0.359. The van der Waals surface area contributed by atoms with Crippen LogP contribution in [0.3, 0.4) is 0 Å². The normalized spacial score (nSPS) is 18.5. The quantitative estimate of drug-likeness (QED) is 0.655. The maximum atomic E-state index is 11.8. The van der Waals surface area contributed by atoms with Gasteiger partial charge in [0.25, 0.3) is 5.91 Å². The number of fused-ring (bicyclic) bond motifs is 1. The Kier molecular flexibility index (Phi) is 1.79. The Morgan fingerprint density at radius 3 is 2.64 bits per heavy atom. The van der Waals surface area contributed by atoms with Crippen LogP contribution in [0.25, 0.3) is 0 Å². The number of rotatable bonds is 0. The SMILES string of the molecule is CC(=O)N1C(=O)c2ccsc2C1(C)C. The van der Waals surface area contributed by atoms with E-state index in [0.29, 0.717) is 5.56 Å². The molecule has 4 heteroatoms. The third-order valence-electron chi connectivity index (χ3n) is 2.53. The van der Waals surface area contributed by atoms with Crippen molar-refractivity contribution in [2.45, 2.75) is 26.3 Å². The first-order chi connectivity index (χ1) is 6.46. The summed E-state index contributed by atoms with van der Waals surface area (Å²) in [6.45, 7) is 5.22. The molecule has 0 saturated heterocycles. The van der Waals surface area contributed by atoms with Crippen molar-refractivity contribution in [3.8, 4) is 0 Å². The second kappa shape index (κ2) is 2.67. The van der Waals surface area contributed by atoms with E-state index in [-0.39, 0.29) is 11.8 Å². The number of thiophene rings is 1. The molecule has 0 N–H and O–H groups in total. The molecular formula is C10H11NO2S. The predicted molar refractivity (Wildman–Crippen MR) is 54.2 cm³/mol. The molecule has 0 aromatic carbocycles. The number of amides is 2. The maximum Gasteiger partial charge on any atom is 0.262 e. The molecule has 1 aromatic heterocycles. The standard InChI is InChI=1S/C10H11NO2S/c1-6(12)11-9(13)7-4-5-14-8(7)10(11,2)3/h4-5H,1-3H3. The van der Waals surface area contributed by atoms with Gasteiger partial charge >= 0.3 is 0 Å². The van der Waals surface area contributed by atoms with Crippen molar-refractivity contribution in [2.24, 2.45) is 0 Å². The number of carbonyl (C=O) groups is 2. The van der Waals surface area contributed by atoms with E-state index in [1.54, 1.807) is 6.07 Å². The Bertz CT molecular complexity index is 420. The molecule has 0 saturated carbocycles. The highest BCUT2D eigenvalue weighted by molar-refractivity contribution is 7.10. The highest BCUT2D eigenvalue weighted by atomic mass is 32.1. The lowest BCUT2D eigenvalue weighted by atomic mass is 10.0. The summed E-state index contributed by atoms with van der Waals surface area (Å²) < 4.78 is 0. The summed E-state index contributed by atoms with van der Waals surface area (Å²) in [4.78, 5) is 25.5. The van der Waals surface area contributed by atoms with Crippen molar-refractivity contribution in [2.75, 3.05) is 0 Å². The van der Waals surface area contributed by atoms with E-state index in [9.17, 15) is 9.59 Å². The predicted octanol–water partition coefficient (Wildman–Crippen LogP) is 1.99. The zero-order chi connectivity index (χ0) is 10.5. The van der Waals surface area contributed by atoms with E-state index in [4.69, 9.17) is 0 Å². The fraction of sp³-hybridized carbons (Fsp3) is 0.400. The fourth-order valence-corrected chi connectivity index (χ4v) is 2.97. The van der Waals surface area contributed by atoms with Crippen molar-refractivity contribution in [3.63, 3.8) is 0 Å². The molecule has 1 aliphatic rings. The van der Waals surface area contributed by atoms with Crippen molar-refractivity contribution in [1.82, 2.24) is 4.90 Å². The van der Waals surface area contributed by atoms with Gasteiger partial charge in [0.15, 0.2) is 0 Å². The number of imide groups is 1. The third-order valence-corrected chi connectivity index (χ3v) is 3.76. The van der Waals surface area contributed by atoms with E-state index >= 15 is 0 Å². The first-order valence-electron chi connectivity index (χ1n) is 4.39. The van der Waals surface area contributed by atoms with Crippen LogP contribution in [0.15, 0.2) is 11.4 Å². The summed E-state index contributed by atoms with van der Waals surface area (Å²) in [6.07, 6.45) is 0. The first kappa shape index (κ1) is 9.40. The topological polar surface area (TPSA) is 37.4 Å². The average molecular weight is 209 g/mol. The first-order valence-corrected chi connectivity index (χ1v) is 5.27. The lowest BCUT2D eigenvalue weighted by Crippen LogP contribution is -2.42. The van der Waals surface area contributed by atoms with Gasteiger partial charge in [0.05, 0.1) is 11.1 Å². The molecule has 14 heavy (non-hydrogen) atoms. The van der Waals surface area contributed by atoms with E-state index in [2.05, 4.69) is 0 Å². The molecule has 2 rings (SSSR count). The van der Waals surface area contributed by atoms with Gasteiger partial charge in [0.1, 0.15) is 0 Å². The minimum atomic E-state index is -0.480. The summed E-state index contributed by atoms with van der Waals surface area (Å²) in [5, 5.41) is 1.89. The van der Waals surface area contributed by atoms with Gasteiger partial charge in [0.2, 0.25) is 5.91 Å².